The van der Waals surface area contributed by atoms with Crippen LogP contribution in [0, 0.1) is 11.6 Å². The molecule has 0 unspecified atom stereocenters. The number of amides is 2. The number of para-hydroxylation sites is 1. The second kappa shape index (κ2) is 8.73. The van der Waals surface area contributed by atoms with Crippen LogP contribution in [0.5, 0.6) is 0 Å². The molecule has 0 bridgehead atoms. The molecule has 2 heterocycles. The van der Waals surface area contributed by atoms with E-state index in [1.807, 2.05) is 18.2 Å². The fourth-order valence-electron chi connectivity index (χ4n) is 3.23. The lowest BCUT2D eigenvalue weighted by atomic mass is 10.2. The van der Waals surface area contributed by atoms with E-state index in [1.54, 1.807) is 0 Å². The van der Waals surface area contributed by atoms with Crippen LogP contribution in [0.1, 0.15) is 0 Å². The number of carbonyl (C=O) groups is 1. The molecule has 2 aromatic carbocycles. The number of anilines is 4. The first-order chi connectivity index (χ1) is 14.6. The minimum Gasteiger partial charge on any atom is -0.368 e. The first-order valence-corrected chi connectivity index (χ1v) is 9.48. The van der Waals surface area contributed by atoms with Gasteiger partial charge in [-0.25, -0.2) is 23.5 Å². The zero-order chi connectivity index (χ0) is 20.9. The number of nitrogens with zero attached hydrogens (tertiary/aromatic N) is 4. The van der Waals surface area contributed by atoms with Crippen LogP contribution in [-0.4, -0.2) is 42.2 Å². The first kappa shape index (κ1) is 19.6. The summed E-state index contributed by atoms with van der Waals surface area (Å²) in [6.07, 6.45) is 2.96. The third-order valence-corrected chi connectivity index (χ3v) is 4.76. The van der Waals surface area contributed by atoms with Crippen LogP contribution in [-0.2, 0) is 0 Å². The summed E-state index contributed by atoms with van der Waals surface area (Å²) in [4.78, 5) is 25.0. The largest absolute Gasteiger partial charge is 0.368 e. The lowest BCUT2D eigenvalue weighted by Gasteiger charge is -2.36. The number of benzene rings is 2. The maximum atomic E-state index is 13.6. The summed E-state index contributed by atoms with van der Waals surface area (Å²) in [5, 5.41) is 4.77. The summed E-state index contributed by atoms with van der Waals surface area (Å²) >= 11 is 0. The van der Waals surface area contributed by atoms with Crippen LogP contribution in [0.4, 0.5) is 36.6 Å². The number of carbonyl (C=O) groups excluding carboxylic acids is 1. The molecule has 1 aromatic heterocycles. The summed E-state index contributed by atoms with van der Waals surface area (Å²) < 4.78 is 26.8. The highest BCUT2D eigenvalue weighted by Gasteiger charge is 2.19. The standard InChI is InChI=1S/C21H20F2N6O/c22-15-6-7-18(23)19(12-15)27-21(30)26-16-13-24-20(25-14-16)29-10-8-28(9-11-29)17-4-2-1-3-5-17/h1-7,12-14H,8-11H2,(H2,26,27,30). The average molecular weight is 410 g/mol. The lowest BCUT2D eigenvalue weighted by Crippen LogP contribution is -2.47. The number of nitrogens with one attached hydrogen (secondary N) is 2. The van der Waals surface area contributed by atoms with Crippen molar-refractivity contribution in [2.45, 2.75) is 0 Å². The molecule has 3 aromatic rings. The maximum absolute atomic E-state index is 13.6. The van der Waals surface area contributed by atoms with Gasteiger partial charge in [-0.15, -0.1) is 0 Å². The van der Waals surface area contributed by atoms with Gasteiger partial charge in [0.05, 0.1) is 23.8 Å². The summed E-state index contributed by atoms with van der Waals surface area (Å²) in [5.74, 6) is -0.801. The van der Waals surface area contributed by atoms with E-state index < -0.39 is 17.7 Å². The molecule has 154 valence electrons. The van der Waals surface area contributed by atoms with Gasteiger partial charge < -0.3 is 20.4 Å². The lowest BCUT2D eigenvalue weighted by molar-refractivity contribution is 0.262. The predicted molar refractivity (Wildman–Crippen MR) is 112 cm³/mol. The van der Waals surface area contributed by atoms with E-state index in [-0.39, 0.29) is 5.69 Å². The minimum atomic E-state index is -0.729. The van der Waals surface area contributed by atoms with E-state index in [0.29, 0.717) is 11.6 Å². The smallest absolute Gasteiger partial charge is 0.323 e. The zero-order valence-electron chi connectivity index (χ0n) is 16.1. The molecule has 1 aliphatic rings. The Morgan fingerprint density at radius 3 is 2.23 bits per heavy atom. The van der Waals surface area contributed by atoms with E-state index in [1.165, 1.54) is 18.1 Å². The molecule has 9 heteroatoms. The number of rotatable bonds is 4. The van der Waals surface area contributed by atoms with E-state index in [9.17, 15) is 13.6 Å². The fourth-order valence-corrected chi connectivity index (χ4v) is 3.23. The molecule has 7 nitrogen and oxygen atoms in total. The molecule has 2 N–H and O–H groups in total. The Labute approximate surface area is 172 Å². The molecule has 1 fully saturated rings. The number of halogens is 2. The Morgan fingerprint density at radius 1 is 0.867 bits per heavy atom. The number of hydrogen-bond donors (Lipinski definition) is 2. The van der Waals surface area contributed by atoms with E-state index in [2.05, 4.69) is 42.5 Å². The Kier molecular flexibility index (Phi) is 5.69. The van der Waals surface area contributed by atoms with Gasteiger partial charge >= 0.3 is 6.03 Å². The van der Waals surface area contributed by atoms with Crippen molar-refractivity contribution in [3.8, 4) is 0 Å². The SMILES string of the molecule is O=C(Nc1cnc(N2CCN(c3ccccc3)CC2)nc1)Nc1cc(F)ccc1F. The molecule has 2 amide bonds. The summed E-state index contributed by atoms with van der Waals surface area (Å²) in [5.41, 5.74) is 1.29. The van der Waals surface area contributed by atoms with Gasteiger partial charge in [-0.2, -0.15) is 0 Å². The van der Waals surface area contributed by atoms with Crippen LogP contribution < -0.4 is 20.4 Å². The molecule has 30 heavy (non-hydrogen) atoms. The maximum Gasteiger partial charge on any atom is 0.323 e. The topological polar surface area (TPSA) is 73.4 Å². The highest BCUT2D eigenvalue weighted by Crippen LogP contribution is 2.19. The summed E-state index contributed by atoms with van der Waals surface area (Å²) in [6.45, 7) is 3.27. The minimum absolute atomic E-state index is 0.249. The monoisotopic (exact) mass is 410 g/mol. The summed E-state index contributed by atoms with van der Waals surface area (Å²) in [6, 6.07) is 12.3. The molecule has 1 aliphatic heterocycles. The van der Waals surface area contributed by atoms with Crippen molar-refractivity contribution < 1.29 is 13.6 Å². The van der Waals surface area contributed by atoms with E-state index >= 15 is 0 Å². The second-order valence-electron chi connectivity index (χ2n) is 6.78. The first-order valence-electron chi connectivity index (χ1n) is 9.48. The van der Waals surface area contributed by atoms with Crippen LogP contribution in [0.25, 0.3) is 0 Å². The number of aromatic nitrogens is 2. The predicted octanol–water partition coefficient (Wildman–Crippen LogP) is 3.73. The normalized spacial score (nSPS) is 13.8. The van der Waals surface area contributed by atoms with Gasteiger partial charge in [0.1, 0.15) is 11.6 Å². The number of hydrogen-bond acceptors (Lipinski definition) is 5. The molecular formula is C21H20F2N6O. The van der Waals surface area contributed by atoms with Gasteiger partial charge in [0.15, 0.2) is 0 Å². The molecule has 0 radical (unpaired) electrons. The van der Waals surface area contributed by atoms with Gasteiger partial charge in [0, 0.05) is 37.9 Å². The Morgan fingerprint density at radius 2 is 1.53 bits per heavy atom. The van der Waals surface area contributed by atoms with Gasteiger partial charge in [0.2, 0.25) is 5.95 Å². The van der Waals surface area contributed by atoms with Crippen molar-refractivity contribution in [2.24, 2.45) is 0 Å². The molecular weight excluding hydrogens is 390 g/mol. The van der Waals surface area contributed by atoms with Gasteiger partial charge in [0.25, 0.3) is 0 Å². The van der Waals surface area contributed by atoms with Gasteiger partial charge in [-0.3, -0.25) is 0 Å². The van der Waals surface area contributed by atoms with Gasteiger partial charge in [-0.05, 0) is 24.3 Å². The molecule has 0 aliphatic carbocycles. The molecule has 4 rings (SSSR count). The third-order valence-electron chi connectivity index (χ3n) is 4.76. The van der Waals surface area contributed by atoms with Crippen LogP contribution in [0.15, 0.2) is 60.9 Å². The Hall–Kier alpha value is -3.75. The van der Waals surface area contributed by atoms with Crippen molar-refractivity contribution in [3.63, 3.8) is 0 Å². The number of piperazine rings is 1. The Balaban J connectivity index is 1.32. The molecule has 0 saturated carbocycles. The molecule has 0 atom stereocenters. The average Bonchev–Trinajstić information content (AvgIpc) is 2.77. The van der Waals surface area contributed by atoms with Crippen molar-refractivity contribution in [1.29, 1.82) is 0 Å². The zero-order valence-corrected chi connectivity index (χ0v) is 16.1. The van der Waals surface area contributed by atoms with Crippen molar-refractivity contribution in [3.05, 3.63) is 72.6 Å². The van der Waals surface area contributed by atoms with Crippen LogP contribution in [0.3, 0.4) is 0 Å². The summed E-state index contributed by atoms with van der Waals surface area (Å²) in [7, 11) is 0. The van der Waals surface area contributed by atoms with E-state index in [4.69, 9.17) is 0 Å². The highest BCUT2D eigenvalue weighted by atomic mass is 19.1. The van der Waals surface area contributed by atoms with Crippen molar-refractivity contribution in [2.75, 3.05) is 46.6 Å². The van der Waals surface area contributed by atoms with E-state index in [0.717, 1.165) is 44.4 Å². The third kappa shape index (κ3) is 4.62. The van der Waals surface area contributed by atoms with Crippen molar-refractivity contribution in [1.82, 2.24) is 9.97 Å². The number of urea groups is 1. The van der Waals surface area contributed by atoms with Gasteiger partial charge in [-0.1, -0.05) is 18.2 Å². The highest BCUT2D eigenvalue weighted by molar-refractivity contribution is 5.99. The second-order valence-corrected chi connectivity index (χ2v) is 6.78. The van der Waals surface area contributed by atoms with Crippen LogP contribution in [0.2, 0.25) is 0 Å². The molecule has 1 saturated heterocycles. The fraction of sp³-hybridized carbons (Fsp3) is 0.190. The van der Waals surface area contributed by atoms with Crippen LogP contribution >= 0.6 is 0 Å². The molecule has 0 spiro atoms. The quantitative estimate of drug-likeness (QED) is 0.686. The van der Waals surface area contributed by atoms with Crippen molar-refractivity contribution >= 4 is 29.0 Å². The Bertz CT molecular complexity index is 1010.